The smallest absolute Gasteiger partial charge is 0.319 e. The number of amides is 2. The van der Waals surface area contributed by atoms with Crippen LogP contribution in [0.1, 0.15) is 13.8 Å². The van der Waals surface area contributed by atoms with Crippen LogP contribution in [0.2, 0.25) is 0 Å². The lowest BCUT2D eigenvalue weighted by atomic mass is 10.0. The van der Waals surface area contributed by atoms with Gasteiger partial charge in [0.25, 0.3) is 0 Å². The second-order valence-electron chi connectivity index (χ2n) is 5.53. The highest BCUT2D eigenvalue weighted by molar-refractivity contribution is 5.94. The second-order valence-corrected chi connectivity index (χ2v) is 5.53. The predicted octanol–water partition coefficient (Wildman–Crippen LogP) is 3.25. The molecule has 0 aliphatic carbocycles. The fourth-order valence-electron chi connectivity index (χ4n) is 1.96. The van der Waals surface area contributed by atoms with Gasteiger partial charge in [0.2, 0.25) is 0 Å². The molecule has 4 heteroatoms. The number of carbonyl (C=O) groups is 1. The number of rotatable bonds is 4. The molecule has 4 nitrogen and oxygen atoms in total. The minimum atomic E-state index is -0.661. The van der Waals surface area contributed by atoms with Crippen LogP contribution in [0, 0.1) is 0 Å². The van der Waals surface area contributed by atoms with Crippen LogP contribution in [0.25, 0.3) is 11.1 Å². The van der Waals surface area contributed by atoms with E-state index in [-0.39, 0.29) is 12.6 Å². The monoisotopic (exact) mass is 284 g/mol. The van der Waals surface area contributed by atoms with Gasteiger partial charge in [-0.2, -0.15) is 0 Å². The number of benzene rings is 2. The molecule has 2 amide bonds. The van der Waals surface area contributed by atoms with Gasteiger partial charge < -0.3 is 15.7 Å². The number of para-hydroxylation sites is 1. The second kappa shape index (κ2) is 6.41. The largest absolute Gasteiger partial charge is 0.394 e. The fraction of sp³-hybridized carbons (Fsp3) is 0.235. The van der Waals surface area contributed by atoms with Crippen LogP contribution in [-0.4, -0.2) is 23.3 Å². The summed E-state index contributed by atoms with van der Waals surface area (Å²) < 4.78 is 0. The summed E-state index contributed by atoms with van der Waals surface area (Å²) in [6.45, 7) is 3.39. The van der Waals surface area contributed by atoms with Crippen LogP contribution in [0.5, 0.6) is 0 Å². The molecule has 0 spiro atoms. The summed E-state index contributed by atoms with van der Waals surface area (Å²) in [6.07, 6.45) is 0. The average Bonchev–Trinajstić information content (AvgIpc) is 2.48. The molecule has 0 aromatic heterocycles. The molecule has 2 aromatic carbocycles. The number of anilines is 1. The molecule has 2 rings (SSSR count). The van der Waals surface area contributed by atoms with Gasteiger partial charge in [0.1, 0.15) is 0 Å². The molecule has 0 aliphatic heterocycles. The number of nitrogens with one attached hydrogen (secondary N) is 2. The van der Waals surface area contributed by atoms with Crippen molar-refractivity contribution in [1.29, 1.82) is 0 Å². The Bertz CT molecular complexity index is 609. The van der Waals surface area contributed by atoms with E-state index in [4.69, 9.17) is 0 Å². The van der Waals surface area contributed by atoms with Crippen LogP contribution in [-0.2, 0) is 0 Å². The van der Waals surface area contributed by atoms with Crippen molar-refractivity contribution in [2.45, 2.75) is 19.4 Å². The van der Waals surface area contributed by atoms with Gasteiger partial charge in [-0.05, 0) is 25.5 Å². The Morgan fingerprint density at radius 1 is 1.05 bits per heavy atom. The van der Waals surface area contributed by atoms with Gasteiger partial charge in [-0.15, -0.1) is 0 Å². The standard InChI is InChI=1S/C17H20N2O2/c1-17(2,12-20)19-16(21)18-15-11-7-6-10-14(15)13-8-4-3-5-9-13/h3-11,20H,12H2,1-2H3,(H2,18,19,21). The van der Waals surface area contributed by atoms with E-state index in [1.54, 1.807) is 13.8 Å². The number of hydrogen-bond donors (Lipinski definition) is 3. The predicted molar refractivity (Wildman–Crippen MR) is 85.2 cm³/mol. The van der Waals surface area contributed by atoms with Crippen molar-refractivity contribution in [1.82, 2.24) is 5.32 Å². The van der Waals surface area contributed by atoms with Crippen molar-refractivity contribution in [2.75, 3.05) is 11.9 Å². The van der Waals surface area contributed by atoms with Crippen molar-refractivity contribution in [3.63, 3.8) is 0 Å². The Labute approximate surface area is 124 Å². The normalized spacial score (nSPS) is 11.0. The van der Waals surface area contributed by atoms with Crippen molar-refractivity contribution in [3.8, 4) is 11.1 Å². The van der Waals surface area contributed by atoms with Gasteiger partial charge in [0.15, 0.2) is 0 Å². The number of carbonyl (C=O) groups excluding carboxylic acids is 1. The van der Waals surface area contributed by atoms with Gasteiger partial charge in [-0.1, -0.05) is 48.5 Å². The maximum atomic E-state index is 12.0. The highest BCUT2D eigenvalue weighted by Gasteiger charge is 2.19. The molecule has 0 bridgehead atoms. The van der Waals surface area contributed by atoms with Gasteiger partial charge >= 0.3 is 6.03 Å². The molecule has 0 saturated heterocycles. The first-order valence-corrected chi connectivity index (χ1v) is 6.86. The zero-order valence-corrected chi connectivity index (χ0v) is 12.3. The lowest BCUT2D eigenvalue weighted by molar-refractivity contribution is 0.187. The Balaban J connectivity index is 2.20. The maximum Gasteiger partial charge on any atom is 0.319 e. The van der Waals surface area contributed by atoms with E-state index < -0.39 is 5.54 Å². The lowest BCUT2D eigenvalue weighted by Crippen LogP contribution is -2.48. The van der Waals surface area contributed by atoms with Crippen molar-refractivity contribution in [2.24, 2.45) is 0 Å². The van der Waals surface area contributed by atoms with Gasteiger partial charge in [-0.3, -0.25) is 0 Å². The van der Waals surface area contributed by atoms with Crippen LogP contribution in [0.3, 0.4) is 0 Å². The average molecular weight is 284 g/mol. The summed E-state index contributed by atoms with van der Waals surface area (Å²) in [7, 11) is 0. The summed E-state index contributed by atoms with van der Waals surface area (Å²) in [6, 6.07) is 17.2. The van der Waals surface area contributed by atoms with E-state index in [1.165, 1.54) is 0 Å². The van der Waals surface area contributed by atoms with E-state index in [1.807, 2.05) is 54.6 Å². The Morgan fingerprint density at radius 3 is 2.33 bits per heavy atom. The summed E-state index contributed by atoms with van der Waals surface area (Å²) in [5.74, 6) is 0. The minimum Gasteiger partial charge on any atom is -0.394 e. The molecule has 0 atom stereocenters. The third kappa shape index (κ3) is 4.07. The third-order valence-electron chi connectivity index (χ3n) is 3.11. The molecular formula is C17H20N2O2. The summed E-state index contributed by atoms with van der Waals surface area (Å²) in [5.41, 5.74) is 2.06. The first kappa shape index (κ1) is 15.1. The maximum absolute atomic E-state index is 12.0. The highest BCUT2D eigenvalue weighted by Crippen LogP contribution is 2.27. The molecular weight excluding hydrogens is 264 g/mol. The van der Waals surface area contributed by atoms with Crippen LogP contribution >= 0.6 is 0 Å². The number of aliphatic hydroxyl groups is 1. The first-order chi connectivity index (χ1) is 10.0. The first-order valence-electron chi connectivity index (χ1n) is 6.86. The van der Waals surface area contributed by atoms with E-state index in [2.05, 4.69) is 10.6 Å². The topological polar surface area (TPSA) is 61.4 Å². The Morgan fingerprint density at radius 2 is 1.67 bits per heavy atom. The molecule has 0 saturated carbocycles. The minimum absolute atomic E-state index is 0.124. The van der Waals surface area contributed by atoms with Gasteiger partial charge in [0, 0.05) is 5.56 Å². The molecule has 21 heavy (non-hydrogen) atoms. The molecule has 110 valence electrons. The van der Waals surface area contributed by atoms with E-state index in [9.17, 15) is 9.90 Å². The molecule has 0 unspecified atom stereocenters. The highest BCUT2D eigenvalue weighted by atomic mass is 16.3. The molecule has 0 aliphatic rings. The van der Waals surface area contributed by atoms with E-state index >= 15 is 0 Å². The Kier molecular flexibility index (Phi) is 4.60. The van der Waals surface area contributed by atoms with Crippen LogP contribution in [0.4, 0.5) is 10.5 Å². The zero-order valence-electron chi connectivity index (χ0n) is 12.3. The van der Waals surface area contributed by atoms with Crippen LogP contribution in [0.15, 0.2) is 54.6 Å². The number of hydrogen-bond acceptors (Lipinski definition) is 2. The molecule has 0 radical (unpaired) electrons. The third-order valence-corrected chi connectivity index (χ3v) is 3.11. The van der Waals surface area contributed by atoms with Crippen LogP contribution < -0.4 is 10.6 Å². The van der Waals surface area contributed by atoms with Crippen molar-refractivity contribution >= 4 is 11.7 Å². The van der Waals surface area contributed by atoms with Crippen molar-refractivity contribution in [3.05, 3.63) is 54.6 Å². The molecule has 3 N–H and O–H groups in total. The molecule has 2 aromatic rings. The SMILES string of the molecule is CC(C)(CO)NC(=O)Nc1ccccc1-c1ccccc1. The number of aliphatic hydroxyl groups excluding tert-OH is 1. The lowest BCUT2D eigenvalue weighted by Gasteiger charge is -2.24. The van der Waals surface area contributed by atoms with Gasteiger partial charge in [-0.25, -0.2) is 4.79 Å². The molecule has 0 fully saturated rings. The summed E-state index contributed by atoms with van der Waals surface area (Å²) in [4.78, 5) is 12.0. The number of urea groups is 1. The summed E-state index contributed by atoms with van der Waals surface area (Å²) >= 11 is 0. The fourth-order valence-corrected chi connectivity index (χ4v) is 1.96. The Hall–Kier alpha value is -2.33. The van der Waals surface area contributed by atoms with E-state index in [0.717, 1.165) is 16.8 Å². The van der Waals surface area contributed by atoms with E-state index in [0.29, 0.717) is 0 Å². The summed E-state index contributed by atoms with van der Waals surface area (Å²) in [5, 5.41) is 14.8. The van der Waals surface area contributed by atoms with Crippen molar-refractivity contribution < 1.29 is 9.90 Å². The quantitative estimate of drug-likeness (QED) is 0.807. The van der Waals surface area contributed by atoms with Gasteiger partial charge in [0.05, 0.1) is 17.8 Å². The molecule has 0 heterocycles. The zero-order chi connectivity index (χ0) is 15.3.